The van der Waals surface area contributed by atoms with Crippen LogP contribution in [0.1, 0.15) is 5.56 Å². The molecule has 8 heteroatoms. The lowest BCUT2D eigenvalue weighted by molar-refractivity contribution is 0.563. The highest BCUT2D eigenvalue weighted by Gasteiger charge is 2.19. The third-order valence-corrected chi connectivity index (χ3v) is 7.09. The summed E-state index contributed by atoms with van der Waals surface area (Å²) in [6, 6.07) is 20.1. The molecule has 0 bridgehead atoms. The van der Waals surface area contributed by atoms with Crippen LogP contribution in [0.15, 0.2) is 77.8 Å². The Morgan fingerprint density at radius 1 is 0.968 bits per heavy atom. The molecular weight excluding hydrogens is 454 g/mol. The highest BCUT2D eigenvalue weighted by Crippen LogP contribution is 2.39. The van der Waals surface area contributed by atoms with Gasteiger partial charge < -0.3 is 4.55 Å². The molecule has 3 aromatic carbocycles. The molecule has 0 radical (unpaired) electrons. The van der Waals surface area contributed by atoms with Gasteiger partial charge in [-0.05, 0) is 46.5 Å². The molecule has 0 fully saturated rings. The molecule has 0 aliphatic carbocycles. The molecule has 1 atom stereocenters. The van der Waals surface area contributed by atoms with Gasteiger partial charge in [0.25, 0.3) is 0 Å². The molecule has 1 unspecified atom stereocenters. The van der Waals surface area contributed by atoms with Gasteiger partial charge in [-0.25, -0.2) is 12.6 Å². The van der Waals surface area contributed by atoms with E-state index in [-0.39, 0.29) is 10.6 Å². The van der Waals surface area contributed by atoms with E-state index < -0.39 is 20.9 Å². The molecule has 0 saturated heterocycles. The second-order valence-corrected chi connectivity index (χ2v) is 10.4. The van der Waals surface area contributed by atoms with Crippen molar-refractivity contribution < 1.29 is 17.2 Å². The Labute approximate surface area is 187 Å². The fourth-order valence-electron chi connectivity index (χ4n) is 3.60. The summed E-state index contributed by atoms with van der Waals surface area (Å²) in [7, 11) is -3.48. The lowest BCUT2D eigenvalue weighted by Crippen LogP contribution is -2.00. The van der Waals surface area contributed by atoms with Crippen LogP contribution in [0.5, 0.6) is 0 Å². The number of nitrogens with zero attached hydrogens (tertiary/aromatic N) is 1. The van der Waals surface area contributed by atoms with E-state index in [4.69, 9.17) is 11.6 Å². The fourth-order valence-corrected chi connectivity index (χ4v) is 5.29. The summed E-state index contributed by atoms with van der Waals surface area (Å²) in [5.74, 6) is -0.121. The Hall–Kier alpha value is -2.58. The molecule has 31 heavy (non-hydrogen) atoms. The zero-order chi connectivity index (χ0) is 22.2. The van der Waals surface area contributed by atoms with Gasteiger partial charge in [-0.1, -0.05) is 54.1 Å². The average Bonchev–Trinajstić information content (AvgIpc) is 2.74. The number of pyridine rings is 1. The van der Waals surface area contributed by atoms with Gasteiger partial charge in [-0.15, -0.1) is 0 Å². The molecule has 4 rings (SSSR count). The molecule has 4 aromatic rings. The minimum atomic E-state index is -3.48. The molecule has 0 saturated carbocycles. The third kappa shape index (κ3) is 4.41. The van der Waals surface area contributed by atoms with Crippen molar-refractivity contribution >= 4 is 43.4 Å². The first-order valence-electron chi connectivity index (χ1n) is 9.29. The topological polar surface area (TPSA) is 84.3 Å². The van der Waals surface area contributed by atoms with Gasteiger partial charge in [0.15, 0.2) is 20.9 Å². The molecule has 5 nitrogen and oxygen atoms in total. The second-order valence-electron chi connectivity index (χ2n) is 7.11. The van der Waals surface area contributed by atoms with Gasteiger partial charge in [0.1, 0.15) is 0 Å². The Morgan fingerprint density at radius 2 is 1.71 bits per heavy atom. The van der Waals surface area contributed by atoms with Crippen molar-refractivity contribution in [2.75, 3.05) is 6.26 Å². The van der Waals surface area contributed by atoms with Crippen LogP contribution >= 0.6 is 11.6 Å². The lowest BCUT2D eigenvalue weighted by Gasteiger charge is -2.15. The molecular formula is C23H18ClNO4S2. The molecule has 0 amide bonds. The summed E-state index contributed by atoms with van der Waals surface area (Å²) in [4.78, 5) is 4.44. The Morgan fingerprint density at radius 3 is 2.39 bits per heavy atom. The maximum absolute atomic E-state index is 12.2. The molecule has 1 aromatic heterocycles. The summed E-state index contributed by atoms with van der Waals surface area (Å²) in [5.41, 5.74) is 3.99. The molecule has 0 aliphatic rings. The summed E-state index contributed by atoms with van der Waals surface area (Å²) in [6.45, 7) is 0. The van der Waals surface area contributed by atoms with Crippen LogP contribution in [0.4, 0.5) is 0 Å². The third-order valence-electron chi connectivity index (χ3n) is 4.96. The molecule has 1 N–H and O–H groups in total. The average molecular weight is 472 g/mol. The standard InChI is InChI=1S/C23H18ClNO4S2/c1-31(28,29)21-9-5-8-19-18(10-11-25-23(19)21)20-13-16(15-6-3-2-4-7-15)12-17(22(20)24)14-30(26)27/h2-13H,14H2,1H3,(H,26,27). The lowest BCUT2D eigenvalue weighted by atomic mass is 9.94. The van der Waals surface area contributed by atoms with E-state index >= 15 is 0 Å². The van der Waals surface area contributed by atoms with E-state index in [2.05, 4.69) is 4.98 Å². The number of aromatic nitrogens is 1. The zero-order valence-electron chi connectivity index (χ0n) is 16.4. The number of sulfone groups is 1. The second kappa shape index (κ2) is 8.51. The number of rotatable bonds is 5. The van der Waals surface area contributed by atoms with Crippen LogP contribution in [0.3, 0.4) is 0 Å². The number of halogens is 1. The van der Waals surface area contributed by atoms with Crippen molar-refractivity contribution in [2.45, 2.75) is 10.6 Å². The van der Waals surface area contributed by atoms with Crippen molar-refractivity contribution in [2.24, 2.45) is 0 Å². The summed E-state index contributed by atoms with van der Waals surface area (Å²) < 4.78 is 45.5. The van der Waals surface area contributed by atoms with Gasteiger partial charge >= 0.3 is 0 Å². The highest BCUT2D eigenvalue weighted by molar-refractivity contribution is 7.91. The Bertz CT molecular complexity index is 1420. The highest BCUT2D eigenvalue weighted by atomic mass is 35.5. The van der Waals surface area contributed by atoms with Crippen molar-refractivity contribution in [1.82, 2.24) is 4.98 Å². The van der Waals surface area contributed by atoms with Crippen LogP contribution < -0.4 is 0 Å². The van der Waals surface area contributed by atoms with Crippen LogP contribution in [0.2, 0.25) is 5.02 Å². The first kappa shape index (κ1) is 21.6. The fraction of sp³-hybridized carbons (Fsp3) is 0.0870. The molecule has 0 spiro atoms. The number of fused-ring (bicyclic) bond motifs is 1. The first-order valence-corrected chi connectivity index (χ1v) is 12.8. The van der Waals surface area contributed by atoms with E-state index in [9.17, 15) is 17.2 Å². The van der Waals surface area contributed by atoms with Crippen LogP contribution in [0.25, 0.3) is 33.2 Å². The van der Waals surface area contributed by atoms with E-state index in [0.29, 0.717) is 32.6 Å². The van der Waals surface area contributed by atoms with E-state index in [1.165, 1.54) is 6.07 Å². The quantitative estimate of drug-likeness (QED) is 0.397. The zero-order valence-corrected chi connectivity index (χ0v) is 18.8. The van der Waals surface area contributed by atoms with Gasteiger partial charge in [0.2, 0.25) is 0 Å². The Kier molecular flexibility index (Phi) is 5.94. The van der Waals surface area contributed by atoms with E-state index in [1.54, 1.807) is 30.5 Å². The van der Waals surface area contributed by atoms with E-state index in [0.717, 1.165) is 17.4 Å². The normalized spacial score (nSPS) is 12.7. The van der Waals surface area contributed by atoms with Crippen molar-refractivity contribution in [1.29, 1.82) is 0 Å². The first-order chi connectivity index (χ1) is 14.8. The largest absolute Gasteiger partial charge is 0.306 e. The minimum absolute atomic E-state index is 0.121. The number of hydrogen-bond donors (Lipinski definition) is 1. The van der Waals surface area contributed by atoms with Crippen molar-refractivity contribution in [3.8, 4) is 22.3 Å². The monoisotopic (exact) mass is 471 g/mol. The van der Waals surface area contributed by atoms with Crippen molar-refractivity contribution in [3.63, 3.8) is 0 Å². The molecule has 158 valence electrons. The van der Waals surface area contributed by atoms with Crippen LogP contribution in [0, 0.1) is 0 Å². The number of benzene rings is 3. The minimum Gasteiger partial charge on any atom is -0.306 e. The maximum atomic E-state index is 12.2. The number of para-hydroxylation sites is 1. The van der Waals surface area contributed by atoms with E-state index in [1.807, 2.05) is 36.4 Å². The summed E-state index contributed by atoms with van der Waals surface area (Å²) >= 11 is 4.62. The smallest absolute Gasteiger partial charge is 0.177 e. The van der Waals surface area contributed by atoms with Crippen LogP contribution in [-0.4, -0.2) is 28.4 Å². The van der Waals surface area contributed by atoms with Gasteiger partial charge in [-0.2, -0.15) is 0 Å². The SMILES string of the molecule is CS(=O)(=O)c1cccc2c(-c3cc(-c4ccccc4)cc(CS(=O)O)c3Cl)ccnc12. The molecule has 1 heterocycles. The predicted octanol–water partition coefficient (Wildman–Crippen LogP) is 5.35. The van der Waals surface area contributed by atoms with Gasteiger partial charge in [0, 0.05) is 23.4 Å². The predicted molar refractivity (Wildman–Crippen MR) is 125 cm³/mol. The maximum Gasteiger partial charge on any atom is 0.177 e. The summed E-state index contributed by atoms with van der Waals surface area (Å²) in [6.07, 6.45) is 2.69. The van der Waals surface area contributed by atoms with Gasteiger partial charge in [0.05, 0.1) is 21.2 Å². The van der Waals surface area contributed by atoms with Crippen molar-refractivity contribution in [3.05, 3.63) is 83.5 Å². The van der Waals surface area contributed by atoms with Crippen LogP contribution in [-0.2, 0) is 26.7 Å². The van der Waals surface area contributed by atoms with Gasteiger partial charge in [-0.3, -0.25) is 4.98 Å². The Balaban J connectivity index is 2.04. The molecule has 0 aliphatic heterocycles. The number of hydrogen-bond acceptors (Lipinski definition) is 4. The summed E-state index contributed by atoms with van der Waals surface area (Å²) in [5, 5.41) is 0.980.